The van der Waals surface area contributed by atoms with Crippen molar-refractivity contribution in [2.24, 2.45) is 23.2 Å². The minimum Gasteiger partial charge on any atom is -0.493 e. The van der Waals surface area contributed by atoms with Crippen LogP contribution in [0, 0.1) is 23.2 Å². The molecule has 1 aromatic rings. The van der Waals surface area contributed by atoms with Crippen molar-refractivity contribution >= 4 is 5.91 Å². The maximum absolute atomic E-state index is 13.9. The molecule has 0 radical (unpaired) electrons. The number of benzene rings is 1. The second-order valence-corrected chi connectivity index (χ2v) is 13.6. The van der Waals surface area contributed by atoms with Crippen molar-refractivity contribution in [3.8, 4) is 17.2 Å². The molecule has 2 saturated heterocycles. The Morgan fingerprint density at radius 1 is 0.977 bits per heavy atom. The van der Waals surface area contributed by atoms with Crippen molar-refractivity contribution < 1.29 is 37.6 Å². The van der Waals surface area contributed by atoms with Crippen LogP contribution in [0.15, 0.2) is 12.1 Å². The van der Waals surface area contributed by atoms with Crippen LogP contribution in [0.5, 0.6) is 17.2 Å². The standard InChI is InChI=1S/C33H52F2N2O6/c1-32(2)22-43-14-6-7-26-20-36(18-24-15-27(40-3)31(42-5)28(16-24)41-4)13-10-25(26)17-30(39)37(21-29(32)38)19-23-8-11-33(34,35)12-9-23/h15-16,23,25-26,29,38H,6-14,17-22H2,1-5H3/t25-,26-,29-/m0/s1. The van der Waals surface area contributed by atoms with Gasteiger partial charge < -0.3 is 29.0 Å². The van der Waals surface area contributed by atoms with Crippen LogP contribution in [0.4, 0.5) is 8.78 Å². The number of halogens is 2. The number of likely N-dealkylation sites (tertiary alicyclic amines) is 1. The summed E-state index contributed by atoms with van der Waals surface area (Å²) in [6.07, 6.45) is 2.92. The minimum absolute atomic E-state index is 0.0282. The molecule has 0 unspecified atom stereocenters. The molecular formula is C33H52F2N2O6. The summed E-state index contributed by atoms with van der Waals surface area (Å²) in [6, 6.07) is 3.97. The van der Waals surface area contributed by atoms with Crippen LogP contribution in [0.3, 0.4) is 0 Å². The lowest BCUT2D eigenvalue weighted by Gasteiger charge is -2.40. The van der Waals surface area contributed by atoms with Crippen molar-refractivity contribution in [3.63, 3.8) is 0 Å². The lowest BCUT2D eigenvalue weighted by Crippen LogP contribution is -2.48. The van der Waals surface area contributed by atoms with Crippen molar-refractivity contribution in [3.05, 3.63) is 17.7 Å². The van der Waals surface area contributed by atoms with Crippen LogP contribution in [-0.2, 0) is 16.1 Å². The third-order valence-corrected chi connectivity index (χ3v) is 9.84. The number of piperidine rings is 1. The molecule has 3 fully saturated rings. The molecule has 1 N–H and O–H groups in total. The third-order valence-electron chi connectivity index (χ3n) is 9.84. The first kappa shape index (κ1) is 33.7. The van der Waals surface area contributed by atoms with Gasteiger partial charge in [0.15, 0.2) is 11.5 Å². The van der Waals surface area contributed by atoms with Crippen LogP contribution in [0.25, 0.3) is 0 Å². The third kappa shape index (κ3) is 8.94. The predicted molar refractivity (Wildman–Crippen MR) is 161 cm³/mol. The molecule has 10 heteroatoms. The molecule has 1 saturated carbocycles. The number of carbonyl (C=O) groups excluding carboxylic acids is 1. The summed E-state index contributed by atoms with van der Waals surface area (Å²) in [5.74, 6) is -0.191. The molecular weight excluding hydrogens is 558 g/mol. The van der Waals surface area contributed by atoms with Gasteiger partial charge in [0.1, 0.15) is 0 Å². The molecule has 2 heterocycles. The molecule has 244 valence electrons. The number of carbonyl (C=O) groups is 1. The quantitative estimate of drug-likeness (QED) is 0.443. The summed E-state index contributed by atoms with van der Waals surface area (Å²) >= 11 is 0. The van der Waals surface area contributed by atoms with E-state index in [2.05, 4.69) is 4.90 Å². The smallest absolute Gasteiger partial charge is 0.248 e. The van der Waals surface area contributed by atoms with Gasteiger partial charge in [-0.2, -0.15) is 0 Å². The molecule has 1 aliphatic carbocycles. The van der Waals surface area contributed by atoms with Gasteiger partial charge in [-0.1, -0.05) is 13.8 Å². The number of aliphatic hydroxyl groups is 1. The molecule has 1 amide bonds. The fourth-order valence-corrected chi connectivity index (χ4v) is 6.94. The van der Waals surface area contributed by atoms with E-state index in [1.54, 1.807) is 26.2 Å². The van der Waals surface area contributed by atoms with Gasteiger partial charge in [0.2, 0.25) is 17.6 Å². The van der Waals surface area contributed by atoms with Crippen molar-refractivity contribution in [2.75, 3.05) is 60.7 Å². The van der Waals surface area contributed by atoms with E-state index in [0.29, 0.717) is 62.2 Å². The Bertz CT molecular complexity index is 1030. The number of nitrogens with zero attached hydrogens (tertiary/aromatic N) is 2. The zero-order valence-corrected chi connectivity index (χ0v) is 26.7. The van der Waals surface area contributed by atoms with Crippen molar-refractivity contribution in [1.29, 1.82) is 0 Å². The molecule has 4 rings (SSSR count). The monoisotopic (exact) mass is 610 g/mol. The van der Waals surface area contributed by atoms with Crippen molar-refractivity contribution in [2.45, 2.75) is 83.8 Å². The van der Waals surface area contributed by atoms with Crippen LogP contribution in [0.1, 0.15) is 70.8 Å². The first-order valence-corrected chi connectivity index (χ1v) is 15.9. The second kappa shape index (κ2) is 14.7. The highest BCUT2D eigenvalue weighted by molar-refractivity contribution is 5.76. The first-order valence-electron chi connectivity index (χ1n) is 15.9. The van der Waals surface area contributed by atoms with Gasteiger partial charge in [-0.25, -0.2) is 8.78 Å². The van der Waals surface area contributed by atoms with Gasteiger partial charge in [0.25, 0.3) is 0 Å². The maximum atomic E-state index is 13.9. The molecule has 1 aromatic carbocycles. The van der Waals surface area contributed by atoms with Crippen LogP contribution in [-0.4, -0.2) is 93.6 Å². The Kier molecular flexibility index (Phi) is 11.6. The van der Waals surface area contributed by atoms with E-state index < -0.39 is 17.4 Å². The Hall–Kier alpha value is -2.17. The summed E-state index contributed by atoms with van der Waals surface area (Å²) < 4.78 is 50.3. The number of ether oxygens (including phenoxy) is 4. The molecule has 43 heavy (non-hydrogen) atoms. The second-order valence-electron chi connectivity index (χ2n) is 13.6. The van der Waals surface area contributed by atoms with E-state index in [0.717, 1.165) is 44.5 Å². The lowest BCUT2D eigenvalue weighted by molar-refractivity contribution is -0.138. The summed E-state index contributed by atoms with van der Waals surface area (Å²) in [5, 5.41) is 11.2. The number of β-amino-alcohol motifs (C(OH)–C–C–N with tert-alkyl or cyclic N) is 1. The lowest BCUT2D eigenvalue weighted by atomic mass is 9.79. The van der Waals surface area contributed by atoms with Gasteiger partial charge in [-0.3, -0.25) is 9.69 Å². The minimum atomic E-state index is -2.61. The summed E-state index contributed by atoms with van der Waals surface area (Å²) in [5.41, 5.74) is 0.536. The van der Waals surface area contributed by atoms with E-state index in [9.17, 15) is 18.7 Å². The number of rotatable bonds is 7. The van der Waals surface area contributed by atoms with Gasteiger partial charge in [-0.15, -0.1) is 0 Å². The number of alkyl halides is 2. The Balaban J connectivity index is 1.48. The Labute approximate surface area is 256 Å². The number of methoxy groups -OCH3 is 3. The SMILES string of the molecule is COc1cc(CN2CC[C@H]3CC(=O)N(CC4CCC(F)(F)CC4)C[C@H](O)C(C)(C)COCCC[C@H]3C2)cc(OC)c1OC. The molecule has 8 nitrogen and oxygen atoms in total. The number of hydrogen-bond acceptors (Lipinski definition) is 7. The fraction of sp³-hybridized carbons (Fsp3) is 0.788. The highest BCUT2D eigenvalue weighted by Crippen LogP contribution is 2.40. The van der Waals surface area contributed by atoms with Gasteiger partial charge in [0, 0.05) is 57.5 Å². The number of aliphatic hydroxyl groups excluding tert-OH is 1. The average molecular weight is 611 g/mol. The Morgan fingerprint density at radius 2 is 1.65 bits per heavy atom. The van der Waals surface area contributed by atoms with Gasteiger partial charge in [0.05, 0.1) is 34.0 Å². The summed E-state index contributed by atoms with van der Waals surface area (Å²) in [4.78, 5) is 18.1. The van der Waals surface area contributed by atoms with E-state index in [4.69, 9.17) is 18.9 Å². The van der Waals surface area contributed by atoms with E-state index in [-0.39, 0.29) is 37.1 Å². The molecule has 0 aromatic heterocycles. The Morgan fingerprint density at radius 3 is 2.28 bits per heavy atom. The molecule has 0 bridgehead atoms. The number of amides is 1. The van der Waals surface area contributed by atoms with Crippen molar-refractivity contribution in [1.82, 2.24) is 9.80 Å². The predicted octanol–water partition coefficient (Wildman–Crippen LogP) is 5.39. The highest BCUT2D eigenvalue weighted by Gasteiger charge is 2.39. The van der Waals surface area contributed by atoms with Crippen LogP contribution < -0.4 is 14.2 Å². The van der Waals surface area contributed by atoms with Gasteiger partial charge in [-0.05, 0) is 74.1 Å². The number of hydrogen-bond donors (Lipinski definition) is 1. The normalized spacial score (nSPS) is 27.8. The fourth-order valence-electron chi connectivity index (χ4n) is 6.94. The maximum Gasteiger partial charge on any atom is 0.248 e. The summed E-state index contributed by atoms with van der Waals surface area (Å²) in [7, 11) is 4.83. The molecule has 0 spiro atoms. The van der Waals surface area contributed by atoms with E-state index in [1.807, 2.05) is 26.0 Å². The molecule has 3 aliphatic rings. The zero-order valence-electron chi connectivity index (χ0n) is 26.7. The van der Waals surface area contributed by atoms with E-state index in [1.165, 1.54) is 0 Å². The molecule has 2 aliphatic heterocycles. The topological polar surface area (TPSA) is 80.7 Å². The first-order chi connectivity index (χ1) is 20.4. The van der Waals surface area contributed by atoms with Gasteiger partial charge >= 0.3 is 0 Å². The zero-order chi connectivity index (χ0) is 31.2. The van der Waals surface area contributed by atoms with Crippen LogP contribution in [0.2, 0.25) is 0 Å². The molecule has 3 atom stereocenters. The highest BCUT2D eigenvalue weighted by atomic mass is 19.3. The average Bonchev–Trinajstić information content (AvgIpc) is 2.98. The largest absolute Gasteiger partial charge is 0.493 e. The van der Waals surface area contributed by atoms with Crippen LogP contribution >= 0.6 is 0 Å². The number of fused-ring (bicyclic) bond motifs is 1. The van der Waals surface area contributed by atoms with E-state index >= 15 is 0 Å². The summed E-state index contributed by atoms with van der Waals surface area (Å²) in [6.45, 7) is 8.00.